The molecule has 2 rings (SSSR count). The van der Waals surface area contributed by atoms with Gasteiger partial charge in [0.15, 0.2) is 0 Å². The molecule has 1 heterocycles. The number of anilines is 1. The topological polar surface area (TPSA) is 59.6 Å². The van der Waals surface area contributed by atoms with Crippen molar-refractivity contribution in [2.75, 3.05) is 25.6 Å². The quantitative estimate of drug-likeness (QED) is 0.862. The van der Waals surface area contributed by atoms with Gasteiger partial charge in [-0.2, -0.15) is 0 Å². The van der Waals surface area contributed by atoms with Crippen molar-refractivity contribution in [3.63, 3.8) is 0 Å². The second-order valence-corrected chi connectivity index (χ2v) is 5.06. The number of rotatable bonds is 5. The van der Waals surface area contributed by atoms with Crippen LogP contribution in [0.15, 0.2) is 24.3 Å². The molecule has 0 saturated carbocycles. The molecule has 0 radical (unpaired) electrons. The van der Waals surface area contributed by atoms with Crippen LogP contribution in [0, 0.1) is 0 Å². The number of methoxy groups -OCH3 is 1. The van der Waals surface area contributed by atoms with Gasteiger partial charge < -0.3 is 20.1 Å². The first-order valence-corrected chi connectivity index (χ1v) is 6.96. The van der Waals surface area contributed by atoms with Gasteiger partial charge >= 0.3 is 0 Å². The number of ether oxygens (including phenoxy) is 2. The van der Waals surface area contributed by atoms with E-state index >= 15 is 0 Å². The highest BCUT2D eigenvalue weighted by Gasteiger charge is 2.19. The molecule has 0 aliphatic carbocycles. The highest BCUT2D eigenvalue weighted by atomic mass is 16.5. The van der Waals surface area contributed by atoms with Crippen LogP contribution in [0.25, 0.3) is 0 Å². The largest absolute Gasteiger partial charge is 0.497 e. The number of amides is 1. The molecule has 2 atom stereocenters. The SMILES string of the molecule is COc1cccc(NC(=O)CNC2CCOC(C)C2)c1. The third-order valence-electron chi connectivity index (χ3n) is 3.39. The highest BCUT2D eigenvalue weighted by Crippen LogP contribution is 2.16. The Bertz CT molecular complexity index is 450. The number of nitrogens with one attached hydrogen (secondary N) is 2. The molecule has 1 aliphatic rings. The van der Waals surface area contributed by atoms with Crippen molar-refractivity contribution in [3.8, 4) is 5.75 Å². The van der Waals surface area contributed by atoms with Gasteiger partial charge in [0.25, 0.3) is 0 Å². The number of carbonyl (C=O) groups excluding carboxylic acids is 1. The monoisotopic (exact) mass is 278 g/mol. The maximum Gasteiger partial charge on any atom is 0.238 e. The normalized spacial score (nSPS) is 22.3. The van der Waals surface area contributed by atoms with E-state index in [4.69, 9.17) is 9.47 Å². The average molecular weight is 278 g/mol. The molecule has 1 aromatic rings. The van der Waals surface area contributed by atoms with E-state index in [0.29, 0.717) is 12.6 Å². The molecule has 5 nitrogen and oxygen atoms in total. The van der Waals surface area contributed by atoms with Crippen molar-refractivity contribution in [1.29, 1.82) is 0 Å². The second kappa shape index (κ2) is 7.26. The Morgan fingerprint density at radius 2 is 2.35 bits per heavy atom. The summed E-state index contributed by atoms with van der Waals surface area (Å²) < 4.78 is 10.6. The fourth-order valence-corrected chi connectivity index (χ4v) is 2.33. The minimum absolute atomic E-state index is 0.0441. The fourth-order valence-electron chi connectivity index (χ4n) is 2.33. The lowest BCUT2D eigenvalue weighted by atomic mass is 10.0. The van der Waals surface area contributed by atoms with Crippen molar-refractivity contribution in [1.82, 2.24) is 5.32 Å². The van der Waals surface area contributed by atoms with Gasteiger partial charge in [-0.3, -0.25) is 4.79 Å². The molecule has 2 unspecified atom stereocenters. The molecule has 110 valence electrons. The predicted molar refractivity (Wildman–Crippen MR) is 78.1 cm³/mol. The summed E-state index contributed by atoms with van der Waals surface area (Å²) in [6.45, 7) is 3.13. The van der Waals surface area contributed by atoms with Gasteiger partial charge in [0, 0.05) is 24.4 Å². The van der Waals surface area contributed by atoms with Crippen LogP contribution in [0.1, 0.15) is 19.8 Å². The third kappa shape index (κ3) is 4.51. The lowest BCUT2D eigenvalue weighted by molar-refractivity contribution is -0.115. The van der Waals surface area contributed by atoms with E-state index in [1.165, 1.54) is 0 Å². The molecule has 5 heteroatoms. The summed E-state index contributed by atoms with van der Waals surface area (Å²) in [6, 6.07) is 7.69. The van der Waals surface area contributed by atoms with Crippen LogP contribution in [0.4, 0.5) is 5.69 Å². The van der Waals surface area contributed by atoms with E-state index in [1.54, 1.807) is 13.2 Å². The zero-order chi connectivity index (χ0) is 14.4. The van der Waals surface area contributed by atoms with Crippen LogP contribution in [0.5, 0.6) is 5.75 Å². The summed E-state index contributed by atoms with van der Waals surface area (Å²) in [4.78, 5) is 11.9. The van der Waals surface area contributed by atoms with Gasteiger partial charge in [0.1, 0.15) is 5.75 Å². The molecule has 1 aromatic carbocycles. The van der Waals surface area contributed by atoms with Gasteiger partial charge in [0.05, 0.1) is 19.8 Å². The van der Waals surface area contributed by atoms with Gasteiger partial charge in [0.2, 0.25) is 5.91 Å². The van der Waals surface area contributed by atoms with Crippen LogP contribution < -0.4 is 15.4 Å². The molecule has 2 N–H and O–H groups in total. The molecule has 0 bridgehead atoms. The minimum atomic E-state index is -0.0441. The number of hydrogen-bond acceptors (Lipinski definition) is 4. The standard InChI is InChI=1S/C15H22N2O3/c1-11-8-12(6-7-20-11)16-10-15(18)17-13-4-3-5-14(9-13)19-2/h3-5,9,11-12,16H,6-8,10H2,1-2H3,(H,17,18). The summed E-state index contributed by atoms with van der Waals surface area (Å²) in [5.74, 6) is 0.686. The fraction of sp³-hybridized carbons (Fsp3) is 0.533. The summed E-state index contributed by atoms with van der Waals surface area (Å²) in [7, 11) is 1.61. The Hall–Kier alpha value is -1.59. The molecule has 20 heavy (non-hydrogen) atoms. The first kappa shape index (κ1) is 14.8. The molecule has 0 aromatic heterocycles. The van der Waals surface area contributed by atoms with Crippen LogP contribution in [-0.2, 0) is 9.53 Å². The lowest BCUT2D eigenvalue weighted by Crippen LogP contribution is -2.41. The summed E-state index contributed by atoms with van der Waals surface area (Å²) in [6.07, 6.45) is 2.17. The lowest BCUT2D eigenvalue weighted by Gasteiger charge is -2.27. The summed E-state index contributed by atoms with van der Waals surface area (Å²) in [5.41, 5.74) is 0.747. The summed E-state index contributed by atoms with van der Waals surface area (Å²) >= 11 is 0. The summed E-state index contributed by atoms with van der Waals surface area (Å²) in [5, 5.41) is 6.13. The van der Waals surface area contributed by atoms with E-state index < -0.39 is 0 Å². The molecule has 1 fully saturated rings. The molecule has 1 aliphatic heterocycles. The maximum absolute atomic E-state index is 11.9. The van der Waals surface area contributed by atoms with Gasteiger partial charge in [-0.15, -0.1) is 0 Å². The van der Waals surface area contributed by atoms with Crippen molar-refractivity contribution >= 4 is 11.6 Å². The zero-order valence-electron chi connectivity index (χ0n) is 12.0. The van der Waals surface area contributed by atoms with E-state index in [9.17, 15) is 4.79 Å². The van der Waals surface area contributed by atoms with Crippen molar-refractivity contribution in [2.24, 2.45) is 0 Å². The Labute approximate surface area is 119 Å². The Balaban J connectivity index is 1.77. The van der Waals surface area contributed by atoms with E-state index in [-0.39, 0.29) is 12.0 Å². The van der Waals surface area contributed by atoms with Gasteiger partial charge in [-0.1, -0.05) is 6.07 Å². The van der Waals surface area contributed by atoms with Crippen molar-refractivity contribution in [2.45, 2.75) is 31.9 Å². The van der Waals surface area contributed by atoms with E-state index in [2.05, 4.69) is 17.6 Å². The van der Waals surface area contributed by atoms with Crippen LogP contribution >= 0.6 is 0 Å². The number of hydrogen-bond donors (Lipinski definition) is 2. The predicted octanol–water partition coefficient (Wildman–Crippen LogP) is 1.79. The number of carbonyl (C=O) groups is 1. The highest BCUT2D eigenvalue weighted by molar-refractivity contribution is 5.92. The second-order valence-electron chi connectivity index (χ2n) is 5.06. The Morgan fingerprint density at radius 1 is 1.50 bits per heavy atom. The van der Waals surface area contributed by atoms with Gasteiger partial charge in [-0.25, -0.2) is 0 Å². The maximum atomic E-state index is 11.9. The van der Waals surface area contributed by atoms with Crippen LogP contribution in [0.3, 0.4) is 0 Å². The van der Waals surface area contributed by atoms with Gasteiger partial charge in [-0.05, 0) is 31.9 Å². The van der Waals surface area contributed by atoms with Crippen LogP contribution in [0.2, 0.25) is 0 Å². The molecule has 0 spiro atoms. The first-order chi connectivity index (χ1) is 9.67. The third-order valence-corrected chi connectivity index (χ3v) is 3.39. The molecule has 1 amide bonds. The van der Waals surface area contributed by atoms with E-state index in [1.807, 2.05) is 18.2 Å². The van der Waals surface area contributed by atoms with Crippen molar-refractivity contribution < 1.29 is 14.3 Å². The molecular weight excluding hydrogens is 256 g/mol. The van der Waals surface area contributed by atoms with Crippen molar-refractivity contribution in [3.05, 3.63) is 24.3 Å². The zero-order valence-corrected chi connectivity index (χ0v) is 12.0. The smallest absolute Gasteiger partial charge is 0.238 e. The molecular formula is C15H22N2O3. The Morgan fingerprint density at radius 3 is 3.10 bits per heavy atom. The first-order valence-electron chi connectivity index (χ1n) is 6.96. The molecule has 1 saturated heterocycles. The van der Waals surface area contributed by atoms with E-state index in [0.717, 1.165) is 30.9 Å². The average Bonchev–Trinajstić information content (AvgIpc) is 2.45. The number of benzene rings is 1. The minimum Gasteiger partial charge on any atom is -0.497 e. The Kier molecular flexibility index (Phi) is 5.38. The van der Waals surface area contributed by atoms with Crippen LogP contribution in [-0.4, -0.2) is 38.3 Å².